The molecule has 0 amide bonds. The maximum atomic E-state index is 6.31. The summed E-state index contributed by atoms with van der Waals surface area (Å²) in [7, 11) is -1.76. The summed E-state index contributed by atoms with van der Waals surface area (Å²) in [5, 5.41) is 1.37. The highest BCUT2D eigenvalue weighted by Crippen LogP contribution is 2.38. The van der Waals surface area contributed by atoms with Gasteiger partial charge in [-0.2, -0.15) is 4.98 Å². The van der Waals surface area contributed by atoms with Gasteiger partial charge in [-0.1, -0.05) is 32.4 Å². The van der Waals surface area contributed by atoms with E-state index in [4.69, 9.17) is 26.5 Å². The molecule has 0 saturated carbocycles. The van der Waals surface area contributed by atoms with Crippen molar-refractivity contribution >= 4 is 36.9 Å². The van der Waals surface area contributed by atoms with Gasteiger partial charge in [0.15, 0.2) is 8.32 Å². The molecule has 1 fully saturated rings. The molecular weight excluding hydrogens is 356 g/mol. The highest BCUT2D eigenvalue weighted by Gasteiger charge is 2.38. The van der Waals surface area contributed by atoms with Crippen molar-refractivity contribution < 1.29 is 9.16 Å². The van der Waals surface area contributed by atoms with Crippen molar-refractivity contribution in [2.24, 2.45) is 0 Å². The maximum Gasteiger partial charge on any atom is 0.223 e. The van der Waals surface area contributed by atoms with Crippen LogP contribution >= 0.6 is 11.6 Å². The van der Waals surface area contributed by atoms with Crippen LogP contribution in [-0.4, -0.2) is 35.6 Å². The molecule has 0 unspecified atom stereocenters. The molecule has 1 saturated heterocycles. The Hall–Kier alpha value is -1.15. The Morgan fingerprint density at radius 1 is 1.36 bits per heavy atom. The SMILES string of the molecule is CC(C)(C)[Si](C)(C)OC[C@@H]1CC[C@@H](n2ccc3c(Cl)nc(N)nc32)O1. The van der Waals surface area contributed by atoms with E-state index in [1.165, 1.54) is 0 Å². The van der Waals surface area contributed by atoms with Crippen LogP contribution in [0.1, 0.15) is 39.8 Å². The standard InChI is InChI=1S/C17H27ClN4O2Si/c1-17(2,3)25(4,5)23-10-11-6-7-13(24-11)22-9-8-12-14(18)20-16(19)21-15(12)22/h8-9,11,13H,6-7,10H2,1-5H3,(H2,19,20,21)/t11-,13-/m0/s1. The zero-order chi connectivity index (χ0) is 18.4. The summed E-state index contributed by atoms with van der Waals surface area (Å²) in [4.78, 5) is 8.32. The van der Waals surface area contributed by atoms with Gasteiger partial charge in [0.1, 0.15) is 17.0 Å². The fraction of sp³-hybridized carbons (Fsp3) is 0.647. The number of fused-ring (bicyclic) bond motifs is 1. The Morgan fingerprint density at radius 3 is 2.76 bits per heavy atom. The van der Waals surface area contributed by atoms with Gasteiger partial charge < -0.3 is 19.5 Å². The van der Waals surface area contributed by atoms with Crippen LogP contribution < -0.4 is 5.73 Å². The summed E-state index contributed by atoms with van der Waals surface area (Å²) < 4.78 is 14.5. The number of ether oxygens (including phenoxy) is 1. The zero-order valence-electron chi connectivity index (χ0n) is 15.5. The fourth-order valence-corrected chi connectivity index (χ4v) is 4.05. The van der Waals surface area contributed by atoms with Crippen LogP contribution in [0.25, 0.3) is 11.0 Å². The number of hydrogen-bond acceptors (Lipinski definition) is 5. The zero-order valence-corrected chi connectivity index (χ0v) is 17.3. The van der Waals surface area contributed by atoms with Crippen LogP contribution in [0.15, 0.2) is 12.3 Å². The second-order valence-electron chi connectivity index (χ2n) is 8.19. The lowest BCUT2D eigenvalue weighted by molar-refractivity contribution is -0.0179. The Bertz CT molecular complexity index is 772. The van der Waals surface area contributed by atoms with Gasteiger partial charge in [0, 0.05) is 6.20 Å². The highest BCUT2D eigenvalue weighted by molar-refractivity contribution is 6.74. The van der Waals surface area contributed by atoms with Crippen LogP contribution in [0.3, 0.4) is 0 Å². The molecule has 0 spiro atoms. The quantitative estimate of drug-likeness (QED) is 0.627. The first-order valence-electron chi connectivity index (χ1n) is 8.67. The van der Waals surface area contributed by atoms with Crippen molar-refractivity contribution in [2.45, 2.75) is 64.1 Å². The van der Waals surface area contributed by atoms with Crippen LogP contribution in [0.5, 0.6) is 0 Å². The maximum absolute atomic E-state index is 6.31. The third kappa shape index (κ3) is 3.69. The monoisotopic (exact) mass is 382 g/mol. The molecule has 0 bridgehead atoms. The van der Waals surface area contributed by atoms with Crippen LogP contribution in [0, 0.1) is 0 Å². The second kappa shape index (κ2) is 6.54. The van der Waals surface area contributed by atoms with E-state index >= 15 is 0 Å². The third-order valence-corrected chi connectivity index (χ3v) is 10.2. The van der Waals surface area contributed by atoms with Gasteiger partial charge in [-0.3, -0.25) is 0 Å². The van der Waals surface area contributed by atoms with E-state index < -0.39 is 8.32 Å². The molecule has 1 aliphatic rings. The van der Waals surface area contributed by atoms with Crippen LogP contribution in [-0.2, 0) is 9.16 Å². The molecule has 3 rings (SSSR count). The molecular formula is C17H27ClN4O2Si. The summed E-state index contributed by atoms with van der Waals surface area (Å²) in [6.45, 7) is 11.9. The summed E-state index contributed by atoms with van der Waals surface area (Å²) in [5.41, 5.74) is 6.45. The molecule has 1 aliphatic heterocycles. The number of nitrogens with two attached hydrogens (primary N) is 1. The molecule has 3 heterocycles. The largest absolute Gasteiger partial charge is 0.414 e. The number of nitrogen functional groups attached to an aromatic ring is 1. The molecule has 0 radical (unpaired) electrons. The van der Waals surface area contributed by atoms with E-state index in [1.807, 2.05) is 16.8 Å². The van der Waals surface area contributed by atoms with Crippen molar-refractivity contribution in [3.63, 3.8) is 0 Å². The lowest BCUT2D eigenvalue weighted by Gasteiger charge is -2.36. The van der Waals surface area contributed by atoms with E-state index in [2.05, 4.69) is 43.8 Å². The molecule has 8 heteroatoms. The van der Waals surface area contributed by atoms with Crippen LogP contribution in [0.2, 0.25) is 23.3 Å². The second-order valence-corrected chi connectivity index (χ2v) is 13.4. The van der Waals surface area contributed by atoms with Gasteiger partial charge in [-0.15, -0.1) is 0 Å². The minimum atomic E-state index is -1.76. The summed E-state index contributed by atoms with van der Waals surface area (Å²) >= 11 is 6.15. The predicted molar refractivity (Wildman–Crippen MR) is 103 cm³/mol. The lowest BCUT2D eigenvalue weighted by Crippen LogP contribution is -2.42. The van der Waals surface area contributed by atoms with Gasteiger partial charge in [0.05, 0.1) is 18.1 Å². The van der Waals surface area contributed by atoms with Gasteiger partial charge in [-0.25, -0.2) is 4.98 Å². The molecule has 2 atom stereocenters. The van der Waals surface area contributed by atoms with E-state index in [0.717, 1.165) is 18.2 Å². The van der Waals surface area contributed by atoms with E-state index in [0.29, 0.717) is 17.4 Å². The number of aromatic nitrogens is 3. The molecule has 0 aliphatic carbocycles. The number of rotatable bonds is 4. The average Bonchev–Trinajstić information content (AvgIpc) is 3.10. The Kier molecular flexibility index (Phi) is 4.87. The highest BCUT2D eigenvalue weighted by atomic mass is 35.5. The third-order valence-electron chi connectivity index (χ3n) is 5.37. The van der Waals surface area contributed by atoms with Crippen molar-refractivity contribution in [1.82, 2.24) is 14.5 Å². The molecule has 6 nitrogen and oxygen atoms in total. The van der Waals surface area contributed by atoms with Gasteiger partial charge in [0.25, 0.3) is 0 Å². The van der Waals surface area contributed by atoms with E-state index in [1.54, 1.807) is 0 Å². The normalized spacial score (nSPS) is 22.0. The smallest absolute Gasteiger partial charge is 0.223 e. The Balaban J connectivity index is 1.70. The van der Waals surface area contributed by atoms with Gasteiger partial charge in [0.2, 0.25) is 5.95 Å². The van der Waals surface area contributed by atoms with Crippen molar-refractivity contribution in [3.8, 4) is 0 Å². The Labute approximate surface area is 154 Å². The fourth-order valence-electron chi connectivity index (χ4n) is 2.78. The summed E-state index contributed by atoms with van der Waals surface area (Å²) in [5.74, 6) is 0.174. The van der Waals surface area contributed by atoms with Gasteiger partial charge >= 0.3 is 0 Å². The number of anilines is 1. The van der Waals surface area contributed by atoms with E-state index in [-0.39, 0.29) is 23.3 Å². The number of hydrogen-bond donors (Lipinski definition) is 1. The first kappa shape index (κ1) is 18.6. The minimum Gasteiger partial charge on any atom is -0.414 e. The average molecular weight is 383 g/mol. The van der Waals surface area contributed by atoms with Crippen LogP contribution in [0.4, 0.5) is 5.95 Å². The molecule has 2 aromatic heterocycles. The van der Waals surface area contributed by atoms with E-state index in [9.17, 15) is 0 Å². The predicted octanol–water partition coefficient (Wildman–Crippen LogP) is 4.37. The van der Waals surface area contributed by atoms with Crippen molar-refractivity contribution in [2.75, 3.05) is 12.3 Å². The molecule has 0 aromatic carbocycles. The molecule has 2 N–H and O–H groups in total. The van der Waals surface area contributed by atoms with Gasteiger partial charge in [-0.05, 0) is 37.0 Å². The molecule has 25 heavy (non-hydrogen) atoms. The number of halogens is 1. The van der Waals surface area contributed by atoms with Crippen molar-refractivity contribution in [1.29, 1.82) is 0 Å². The summed E-state index contributed by atoms with van der Waals surface area (Å²) in [6, 6.07) is 1.90. The van der Waals surface area contributed by atoms with Crippen molar-refractivity contribution in [3.05, 3.63) is 17.4 Å². The minimum absolute atomic E-state index is 0.0733. The first-order chi connectivity index (χ1) is 11.6. The Morgan fingerprint density at radius 2 is 2.08 bits per heavy atom. The molecule has 138 valence electrons. The lowest BCUT2D eigenvalue weighted by atomic mass is 10.2. The molecule has 2 aromatic rings. The summed E-state index contributed by atoms with van der Waals surface area (Å²) in [6.07, 6.45) is 3.85. The first-order valence-corrected chi connectivity index (χ1v) is 12.0. The topological polar surface area (TPSA) is 75.2 Å². The number of nitrogens with zero attached hydrogens (tertiary/aromatic N) is 3.